The Labute approximate surface area is 249 Å². The highest BCUT2D eigenvalue weighted by Gasteiger charge is 2.31. The van der Waals surface area contributed by atoms with Crippen LogP contribution in [0, 0.1) is 5.41 Å². The van der Waals surface area contributed by atoms with Crippen LogP contribution in [0.2, 0.25) is 0 Å². The Hall–Kier alpha value is -5.23. The molecule has 0 aliphatic carbocycles. The molecule has 0 aliphatic heterocycles. The van der Waals surface area contributed by atoms with Gasteiger partial charge in [-0.3, -0.25) is 24.6 Å². The second-order valence-corrected chi connectivity index (χ2v) is 10.0. The van der Waals surface area contributed by atoms with Crippen LogP contribution in [0.4, 0.5) is 0 Å². The van der Waals surface area contributed by atoms with Crippen LogP contribution < -0.4 is 27.8 Å². The van der Waals surface area contributed by atoms with Crippen LogP contribution in [0.15, 0.2) is 84.9 Å². The Morgan fingerprint density at radius 2 is 1.40 bits per heavy atom. The zero-order valence-corrected chi connectivity index (χ0v) is 23.6. The van der Waals surface area contributed by atoms with Crippen molar-refractivity contribution >= 4 is 29.7 Å². The van der Waals surface area contributed by atoms with E-state index >= 15 is 0 Å². The number of nitrogens with zero attached hydrogens (tertiary/aromatic N) is 1. The summed E-state index contributed by atoms with van der Waals surface area (Å²) >= 11 is 0. The van der Waals surface area contributed by atoms with Gasteiger partial charge in [0.15, 0.2) is 5.96 Å². The lowest BCUT2D eigenvalue weighted by atomic mass is 9.90. The zero-order valence-electron chi connectivity index (χ0n) is 23.6. The first-order chi connectivity index (χ1) is 20.6. The Balaban J connectivity index is 1.89. The fourth-order valence-electron chi connectivity index (χ4n) is 4.64. The molecular weight excluding hydrogens is 550 g/mol. The van der Waals surface area contributed by atoms with Crippen LogP contribution in [-0.4, -0.2) is 58.8 Å². The molecule has 12 heteroatoms. The van der Waals surface area contributed by atoms with E-state index in [9.17, 15) is 24.3 Å². The molecule has 1 unspecified atom stereocenters. The Kier molecular flexibility index (Phi) is 11.8. The molecule has 0 fully saturated rings. The maximum Gasteiger partial charge on any atom is 0.323 e. The van der Waals surface area contributed by atoms with Crippen LogP contribution in [-0.2, 0) is 25.7 Å². The molecule has 0 aliphatic rings. The van der Waals surface area contributed by atoms with Crippen LogP contribution in [0.1, 0.15) is 47.1 Å². The first-order valence-electron chi connectivity index (χ1n) is 13.7. The molecule has 0 saturated heterocycles. The number of carboxylic acid groups (broad SMARTS) is 1. The van der Waals surface area contributed by atoms with Gasteiger partial charge < -0.3 is 37.8 Å². The van der Waals surface area contributed by atoms with Crippen molar-refractivity contribution in [2.24, 2.45) is 17.2 Å². The molecule has 12 nitrogen and oxygen atoms in total. The largest absolute Gasteiger partial charge is 0.480 e. The van der Waals surface area contributed by atoms with E-state index in [-0.39, 0.29) is 25.5 Å². The molecule has 0 aromatic heterocycles. The van der Waals surface area contributed by atoms with E-state index in [1.165, 1.54) is 0 Å². The molecule has 0 heterocycles. The van der Waals surface area contributed by atoms with Gasteiger partial charge in [-0.1, -0.05) is 84.9 Å². The van der Waals surface area contributed by atoms with E-state index in [4.69, 9.17) is 22.6 Å². The summed E-state index contributed by atoms with van der Waals surface area (Å²) in [6.07, 6.45) is 0.516. The number of carbonyl (C=O) groups excluding carboxylic acids is 3. The van der Waals surface area contributed by atoms with Gasteiger partial charge in [0.1, 0.15) is 18.6 Å². The minimum Gasteiger partial charge on any atom is -0.480 e. The summed E-state index contributed by atoms with van der Waals surface area (Å²) in [6, 6.07) is 22.7. The highest BCUT2D eigenvalue weighted by molar-refractivity contribution is 5.93. The lowest BCUT2D eigenvalue weighted by Crippen LogP contribution is -2.51. The Morgan fingerprint density at radius 3 is 1.88 bits per heavy atom. The van der Waals surface area contributed by atoms with Crippen molar-refractivity contribution in [1.29, 1.82) is 5.41 Å². The number of hydrogen-bond donors (Lipinski definition) is 7. The molecule has 0 spiro atoms. The zero-order chi connectivity index (χ0) is 31.4. The van der Waals surface area contributed by atoms with E-state index < -0.39 is 48.2 Å². The van der Waals surface area contributed by atoms with E-state index in [1.807, 2.05) is 60.7 Å². The Morgan fingerprint density at radius 1 is 0.837 bits per heavy atom. The summed E-state index contributed by atoms with van der Waals surface area (Å²) in [5.74, 6) is -3.88. The minimum atomic E-state index is -1.23. The summed E-state index contributed by atoms with van der Waals surface area (Å²) < 4.78 is 0. The Bertz CT molecular complexity index is 1360. The van der Waals surface area contributed by atoms with Crippen molar-refractivity contribution in [3.05, 3.63) is 107 Å². The van der Waals surface area contributed by atoms with E-state index in [0.29, 0.717) is 17.5 Å². The standard InChI is InChI=1S/C31H37N7O5/c32-27(28(33)41)23-15-13-20(14-16-23)18-38(19-25(39)40)30(43)24(12-7-17-36-31(34)35)37-29(42)26(21-8-3-1-4-9-21)22-10-5-2-6-11-22/h1-6,8-11,13-16,24,26-27H,7,12,17-19,32H2,(H2,33,41)(H,37,42)(H,39,40)(H4,34,35,36)/t24-,27?/m1/s1. The predicted molar refractivity (Wildman–Crippen MR) is 161 cm³/mol. The molecule has 0 bridgehead atoms. The third-order valence-corrected chi connectivity index (χ3v) is 6.78. The fourth-order valence-corrected chi connectivity index (χ4v) is 4.64. The van der Waals surface area contributed by atoms with E-state index in [0.717, 1.165) is 16.0 Å². The van der Waals surface area contributed by atoms with E-state index in [2.05, 4.69) is 10.6 Å². The summed E-state index contributed by atoms with van der Waals surface area (Å²) in [4.78, 5) is 52.1. The van der Waals surface area contributed by atoms with Gasteiger partial charge in [0, 0.05) is 13.1 Å². The monoisotopic (exact) mass is 587 g/mol. The SMILES string of the molecule is N=C(N)NCCC[C@@H](NC(=O)C(c1ccccc1)c1ccccc1)C(=O)N(CC(=O)O)Cc1ccc(C(N)C(N)=O)cc1. The molecule has 3 aromatic rings. The number of rotatable bonds is 15. The van der Waals surface area contributed by atoms with Crippen LogP contribution in [0.5, 0.6) is 0 Å². The minimum absolute atomic E-state index is 0.0733. The number of benzene rings is 3. The number of hydrogen-bond acceptors (Lipinski definition) is 6. The number of aliphatic carboxylic acids is 1. The number of nitrogens with two attached hydrogens (primary N) is 3. The normalized spacial score (nSPS) is 12.1. The first kappa shape index (κ1) is 32.3. The summed E-state index contributed by atoms with van der Waals surface area (Å²) in [6.45, 7) is -0.410. The highest BCUT2D eigenvalue weighted by Crippen LogP contribution is 2.25. The van der Waals surface area contributed by atoms with Crippen molar-refractivity contribution in [1.82, 2.24) is 15.5 Å². The molecule has 3 aromatic carbocycles. The van der Waals surface area contributed by atoms with E-state index in [1.54, 1.807) is 24.3 Å². The number of carbonyl (C=O) groups is 4. The molecule has 43 heavy (non-hydrogen) atoms. The second kappa shape index (κ2) is 15.7. The number of carboxylic acids is 1. The number of primary amides is 1. The molecule has 0 radical (unpaired) electrons. The van der Waals surface area contributed by atoms with Gasteiger partial charge >= 0.3 is 5.97 Å². The number of nitrogens with one attached hydrogen (secondary N) is 3. The molecular formula is C31H37N7O5. The quantitative estimate of drug-likeness (QED) is 0.0775. The topological polar surface area (TPSA) is 218 Å². The van der Waals surface area contributed by atoms with Gasteiger partial charge in [0.05, 0.1) is 5.92 Å². The van der Waals surface area contributed by atoms with Crippen LogP contribution >= 0.6 is 0 Å². The smallest absolute Gasteiger partial charge is 0.323 e. The van der Waals surface area contributed by atoms with Gasteiger partial charge in [-0.05, 0) is 35.1 Å². The lowest BCUT2D eigenvalue weighted by Gasteiger charge is -2.28. The van der Waals surface area contributed by atoms with Crippen molar-refractivity contribution < 1.29 is 24.3 Å². The lowest BCUT2D eigenvalue weighted by molar-refractivity contribution is -0.146. The maximum absolute atomic E-state index is 13.9. The van der Waals surface area contributed by atoms with Gasteiger partial charge in [-0.2, -0.15) is 0 Å². The summed E-state index contributed by atoms with van der Waals surface area (Å²) in [5, 5.41) is 22.6. The second-order valence-electron chi connectivity index (χ2n) is 10.0. The summed E-state index contributed by atoms with van der Waals surface area (Å²) in [5.41, 5.74) is 19.0. The van der Waals surface area contributed by atoms with Crippen molar-refractivity contribution in [3.63, 3.8) is 0 Å². The van der Waals surface area contributed by atoms with Gasteiger partial charge in [-0.25, -0.2) is 0 Å². The number of guanidine groups is 1. The first-order valence-corrected chi connectivity index (χ1v) is 13.7. The maximum atomic E-state index is 13.9. The highest BCUT2D eigenvalue weighted by atomic mass is 16.4. The number of amides is 3. The fraction of sp³-hybridized carbons (Fsp3) is 0.258. The van der Waals surface area contributed by atoms with Crippen LogP contribution in [0.25, 0.3) is 0 Å². The molecule has 3 rings (SSSR count). The third-order valence-electron chi connectivity index (χ3n) is 6.78. The third kappa shape index (κ3) is 9.68. The average Bonchev–Trinajstić information content (AvgIpc) is 2.99. The molecule has 10 N–H and O–H groups in total. The van der Waals surface area contributed by atoms with Crippen LogP contribution in [0.3, 0.4) is 0 Å². The molecule has 226 valence electrons. The van der Waals surface area contributed by atoms with Gasteiger partial charge in [0.2, 0.25) is 17.7 Å². The molecule has 2 atom stereocenters. The van der Waals surface area contributed by atoms with Crippen molar-refractivity contribution in [2.75, 3.05) is 13.1 Å². The summed E-state index contributed by atoms with van der Waals surface area (Å²) in [7, 11) is 0. The van der Waals surface area contributed by atoms with Gasteiger partial charge in [-0.15, -0.1) is 0 Å². The predicted octanol–water partition coefficient (Wildman–Crippen LogP) is 1.17. The van der Waals surface area contributed by atoms with Crippen molar-refractivity contribution in [3.8, 4) is 0 Å². The van der Waals surface area contributed by atoms with Crippen molar-refractivity contribution in [2.45, 2.75) is 37.4 Å². The average molecular weight is 588 g/mol. The molecule has 3 amide bonds. The van der Waals surface area contributed by atoms with Gasteiger partial charge in [0.25, 0.3) is 0 Å². The molecule has 0 saturated carbocycles.